The molecule has 3 N–H and O–H groups in total. The maximum atomic E-state index is 13.3. The van der Waals surface area contributed by atoms with E-state index in [0.29, 0.717) is 23.9 Å². The van der Waals surface area contributed by atoms with Gasteiger partial charge in [-0.1, -0.05) is 23.2 Å². The molecule has 1 heterocycles. The van der Waals surface area contributed by atoms with Crippen molar-refractivity contribution in [1.29, 1.82) is 0 Å². The monoisotopic (exact) mass is 491 g/mol. The summed E-state index contributed by atoms with van der Waals surface area (Å²) >= 11 is 12.4. The van der Waals surface area contributed by atoms with E-state index in [0.717, 1.165) is 32.1 Å². The van der Waals surface area contributed by atoms with Gasteiger partial charge in [0.05, 0.1) is 34.4 Å². The summed E-state index contributed by atoms with van der Waals surface area (Å²) in [6, 6.07) is 4.40. The molecule has 0 aliphatic heterocycles. The van der Waals surface area contributed by atoms with Crippen LogP contribution in [-0.2, 0) is 10.3 Å². The van der Waals surface area contributed by atoms with Crippen LogP contribution in [0.1, 0.15) is 55.3 Å². The maximum Gasteiger partial charge on any atom is 0.337 e. The number of carboxylic acid groups (broad SMARTS) is 2. The predicted molar refractivity (Wildman–Crippen MR) is 123 cm³/mol. The molecule has 8 nitrogen and oxygen atoms in total. The van der Waals surface area contributed by atoms with Crippen LogP contribution < -0.4 is 10.9 Å². The van der Waals surface area contributed by atoms with Gasteiger partial charge in [-0.05, 0) is 74.0 Å². The Morgan fingerprint density at radius 1 is 1.15 bits per heavy atom. The molecule has 4 fully saturated rings. The lowest BCUT2D eigenvalue weighted by molar-refractivity contribution is -0.151. The average Bonchev–Trinajstić information content (AvgIpc) is 2.70. The van der Waals surface area contributed by atoms with E-state index >= 15 is 0 Å². The molecule has 4 aliphatic carbocycles. The molecule has 0 amide bonds. The number of halogens is 2. The molecule has 174 valence electrons. The Morgan fingerprint density at radius 2 is 1.85 bits per heavy atom. The van der Waals surface area contributed by atoms with E-state index in [1.807, 2.05) is 0 Å². The topological polar surface area (TPSA) is 122 Å². The molecule has 33 heavy (non-hydrogen) atoms. The van der Waals surface area contributed by atoms with Crippen LogP contribution in [0.15, 0.2) is 29.2 Å². The molecule has 0 spiro atoms. The van der Waals surface area contributed by atoms with E-state index < -0.39 is 23.0 Å². The second-order valence-electron chi connectivity index (χ2n) is 9.97. The van der Waals surface area contributed by atoms with Crippen molar-refractivity contribution in [2.75, 3.05) is 5.32 Å². The molecule has 0 saturated heterocycles. The minimum absolute atomic E-state index is 0.0418. The van der Waals surface area contributed by atoms with E-state index in [9.17, 15) is 24.6 Å². The van der Waals surface area contributed by atoms with Crippen molar-refractivity contribution in [3.8, 4) is 0 Å². The lowest BCUT2D eigenvalue weighted by Gasteiger charge is -2.61. The normalized spacial score (nSPS) is 29.8. The fourth-order valence-electron chi connectivity index (χ4n) is 6.96. The van der Waals surface area contributed by atoms with Gasteiger partial charge in [0.2, 0.25) is 0 Å². The Balaban J connectivity index is 1.49. The third-order valence-corrected chi connectivity index (χ3v) is 8.22. The summed E-state index contributed by atoms with van der Waals surface area (Å²) in [4.78, 5) is 36.3. The van der Waals surface area contributed by atoms with Crippen LogP contribution in [0.2, 0.25) is 10.0 Å². The highest BCUT2D eigenvalue weighted by molar-refractivity contribution is 6.34. The Kier molecular flexibility index (Phi) is 5.21. The molecule has 4 saturated carbocycles. The van der Waals surface area contributed by atoms with Crippen molar-refractivity contribution in [1.82, 2.24) is 9.78 Å². The van der Waals surface area contributed by atoms with Crippen LogP contribution in [0.3, 0.4) is 0 Å². The molecule has 1 aromatic carbocycles. The van der Waals surface area contributed by atoms with Gasteiger partial charge in [-0.25, -0.2) is 9.48 Å². The van der Waals surface area contributed by atoms with Crippen molar-refractivity contribution < 1.29 is 19.8 Å². The fraction of sp³-hybridized carbons (Fsp3) is 0.478. The molecule has 1 aromatic heterocycles. The number of benzene rings is 1. The van der Waals surface area contributed by atoms with Gasteiger partial charge in [0.15, 0.2) is 0 Å². The first kappa shape index (κ1) is 22.2. The number of anilines is 2. The third kappa shape index (κ3) is 3.79. The first-order valence-corrected chi connectivity index (χ1v) is 11.7. The van der Waals surface area contributed by atoms with Gasteiger partial charge in [-0.15, -0.1) is 0 Å². The van der Waals surface area contributed by atoms with Crippen LogP contribution in [0.4, 0.5) is 11.4 Å². The summed E-state index contributed by atoms with van der Waals surface area (Å²) in [6.07, 6.45) is 6.68. The highest BCUT2D eigenvalue weighted by Crippen LogP contribution is 2.65. The highest BCUT2D eigenvalue weighted by Gasteiger charge is 2.59. The van der Waals surface area contributed by atoms with E-state index in [4.69, 9.17) is 23.2 Å². The van der Waals surface area contributed by atoms with Crippen molar-refractivity contribution in [2.24, 2.45) is 17.3 Å². The van der Waals surface area contributed by atoms with Crippen molar-refractivity contribution in [3.05, 3.63) is 50.4 Å². The summed E-state index contributed by atoms with van der Waals surface area (Å²) in [6.45, 7) is 0. The molecule has 6 rings (SSSR count). The second kappa shape index (κ2) is 7.74. The van der Waals surface area contributed by atoms with Gasteiger partial charge in [-0.3, -0.25) is 9.59 Å². The standard InChI is InChI=1S/C23H23Cl2N3O5/c24-16-2-1-14(4-15(16)21(32)33)27-17-10-26-28(20(31)19(17)25)23-7-12-3-13(8-23)6-22(5-12,11-23)9-18(29)30/h1-2,4,10,12-13,27H,3,5-9,11H2,(H,29,30)(H,32,33). The number of aromatic carboxylic acids is 1. The van der Waals surface area contributed by atoms with Crippen LogP contribution in [0.5, 0.6) is 0 Å². The van der Waals surface area contributed by atoms with Crippen LogP contribution >= 0.6 is 23.2 Å². The molecular formula is C23H23Cl2N3O5. The smallest absolute Gasteiger partial charge is 0.337 e. The van der Waals surface area contributed by atoms with E-state index in [1.54, 1.807) is 6.07 Å². The number of aliphatic carboxylic acids is 1. The molecule has 2 unspecified atom stereocenters. The molecule has 4 bridgehead atoms. The van der Waals surface area contributed by atoms with Gasteiger partial charge in [0.25, 0.3) is 5.56 Å². The Bertz CT molecular complexity index is 1210. The van der Waals surface area contributed by atoms with Gasteiger partial charge >= 0.3 is 11.9 Å². The maximum absolute atomic E-state index is 13.3. The Labute approximate surface area is 199 Å². The SMILES string of the molecule is O=C(O)CC12CC3CC(C1)CC(n1ncc(Nc4ccc(Cl)c(C(=O)O)c4)c(Cl)c1=O)(C3)C2. The third-order valence-electron chi connectivity index (χ3n) is 7.52. The summed E-state index contributed by atoms with van der Waals surface area (Å²) in [5, 5.41) is 26.3. The zero-order valence-corrected chi connectivity index (χ0v) is 19.2. The van der Waals surface area contributed by atoms with Gasteiger partial charge < -0.3 is 15.5 Å². The van der Waals surface area contributed by atoms with E-state index in [2.05, 4.69) is 10.4 Å². The Hall–Kier alpha value is -2.58. The fourth-order valence-corrected chi connectivity index (χ4v) is 7.33. The van der Waals surface area contributed by atoms with Crippen molar-refractivity contribution in [3.63, 3.8) is 0 Å². The minimum atomic E-state index is -1.17. The largest absolute Gasteiger partial charge is 0.481 e. The lowest BCUT2D eigenvalue weighted by atomic mass is 9.46. The summed E-state index contributed by atoms with van der Waals surface area (Å²) in [5.74, 6) is -1.19. The summed E-state index contributed by atoms with van der Waals surface area (Å²) in [5.41, 5.74) is -0.640. The molecule has 10 heteroatoms. The first-order valence-electron chi connectivity index (χ1n) is 10.9. The average molecular weight is 492 g/mol. The van der Waals surface area contributed by atoms with Crippen LogP contribution in [0.25, 0.3) is 0 Å². The van der Waals surface area contributed by atoms with Crippen molar-refractivity contribution in [2.45, 2.75) is 50.5 Å². The van der Waals surface area contributed by atoms with Crippen molar-refractivity contribution >= 4 is 46.5 Å². The zero-order chi connectivity index (χ0) is 23.5. The lowest BCUT2D eigenvalue weighted by Crippen LogP contribution is -2.59. The zero-order valence-electron chi connectivity index (χ0n) is 17.7. The number of carbonyl (C=O) groups is 2. The van der Waals surface area contributed by atoms with Gasteiger partial charge in [0.1, 0.15) is 5.02 Å². The van der Waals surface area contributed by atoms with Crippen LogP contribution in [0, 0.1) is 17.3 Å². The van der Waals surface area contributed by atoms with E-state index in [-0.39, 0.29) is 33.1 Å². The first-order chi connectivity index (χ1) is 15.6. The van der Waals surface area contributed by atoms with E-state index in [1.165, 1.54) is 23.0 Å². The molecule has 2 atom stereocenters. The molecular weight excluding hydrogens is 469 g/mol. The minimum Gasteiger partial charge on any atom is -0.481 e. The highest BCUT2D eigenvalue weighted by atomic mass is 35.5. The predicted octanol–water partition coefficient (Wildman–Crippen LogP) is 4.76. The number of nitrogens with zero attached hydrogens (tertiary/aromatic N) is 2. The summed E-state index contributed by atoms with van der Waals surface area (Å²) < 4.78 is 1.49. The number of rotatable bonds is 6. The Morgan fingerprint density at radius 3 is 2.48 bits per heavy atom. The molecule has 4 aliphatic rings. The number of hydrogen-bond acceptors (Lipinski definition) is 5. The number of hydrogen-bond donors (Lipinski definition) is 3. The number of carboxylic acids is 2. The van der Waals surface area contributed by atoms with Crippen LogP contribution in [-0.4, -0.2) is 31.9 Å². The van der Waals surface area contributed by atoms with Gasteiger partial charge in [0, 0.05) is 5.69 Å². The quantitative estimate of drug-likeness (QED) is 0.532. The number of aromatic nitrogens is 2. The summed E-state index contributed by atoms with van der Waals surface area (Å²) in [7, 11) is 0. The van der Waals surface area contributed by atoms with Gasteiger partial charge in [-0.2, -0.15) is 5.10 Å². The molecule has 2 aromatic rings. The molecule has 0 radical (unpaired) electrons. The second-order valence-corrected chi connectivity index (χ2v) is 10.8. The number of nitrogens with one attached hydrogen (secondary N) is 1.